The Balaban J connectivity index is 2.54. The average molecular weight is 647 g/mol. The molecule has 2 aromatic carbocycles. The maximum Gasteiger partial charge on any atom is 0.311 e. The number of rotatable bonds is 26. The third kappa shape index (κ3) is 14.2. The van der Waals surface area contributed by atoms with E-state index in [0.717, 1.165) is 116 Å². The number of hydrogen-bond acceptors (Lipinski definition) is 6. The first kappa shape index (κ1) is 38.7. The van der Waals surface area contributed by atoms with E-state index in [-0.39, 0.29) is 29.2 Å². The van der Waals surface area contributed by atoms with Crippen molar-refractivity contribution in [3.63, 3.8) is 0 Å². The van der Waals surface area contributed by atoms with Crippen molar-refractivity contribution in [3.05, 3.63) is 23.2 Å². The molecule has 0 heterocycles. The summed E-state index contributed by atoms with van der Waals surface area (Å²) in [7, 11) is 0. The van der Waals surface area contributed by atoms with Gasteiger partial charge in [-0.2, -0.15) is 0 Å². The first-order chi connectivity index (χ1) is 22.0. The molecule has 0 aliphatic carbocycles. The third-order valence-electron chi connectivity index (χ3n) is 7.99. The Morgan fingerprint density at radius 1 is 0.533 bits per heavy atom. The monoisotopic (exact) mass is 646 g/mol. The van der Waals surface area contributed by atoms with Gasteiger partial charge in [0.2, 0.25) is 11.5 Å². The number of hydrogen-bond donors (Lipinski definition) is 0. The second-order valence-corrected chi connectivity index (χ2v) is 12.5. The van der Waals surface area contributed by atoms with Gasteiger partial charge in [0.15, 0.2) is 11.5 Å². The molecule has 0 unspecified atom stereocenters. The van der Waals surface area contributed by atoms with Gasteiger partial charge in [-0.05, 0) is 31.7 Å². The van der Waals surface area contributed by atoms with Crippen LogP contribution in [0.4, 0.5) is 0 Å². The lowest BCUT2D eigenvalue weighted by Crippen LogP contribution is -2.14. The Morgan fingerprint density at radius 2 is 0.956 bits per heavy atom. The number of carbonyl (C=O) groups is 2. The normalized spacial score (nSPS) is 11.1. The molecule has 7 heteroatoms. The molecule has 254 valence electrons. The largest absolute Gasteiger partial charge is 0.486 e. The summed E-state index contributed by atoms with van der Waals surface area (Å²) >= 11 is 6.81. The van der Waals surface area contributed by atoms with Gasteiger partial charge in [-0.1, -0.05) is 141 Å². The lowest BCUT2D eigenvalue weighted by molar-refractivity contribution is -0.135. The fourth-order valence-corrected chi connectivity index (χ4v) is 5.59. The standard InChI is InChI=1S/C38H59ClO6/c1-5-9-13-17-19-26-32(40)44-35-30-24-23-25-31(39)34(30)36(45-33(41)27-20-18-14-10-6-2)38(43-29-22-16-12-8-4)37(35)42-28-21-15-11-7-3/h23-25H,5-22,26-29H2,1-4H3. The zero-order chi connectivity index (χ0) is 32.7. The molecule has 0 aromatic heterocycles. The van der Waals surface area contributed by atoms with Crippen LogP contribution in [-0.2, 0) is 9.59 Å². The van der Waals surface area contributed by atoms with Crippen molar-refractivity contribution in [3.8, 4) is 23.0 Å². The topological polar surface area (TPSA) is 71.1 Å². The van der Waals surface area contributed by atoms with Crippen molar-refractivity contribution in [1.29, 1.82) is 0 Å². The van der Waals surface area contributed by atoms with Crippen LogP contribution in [0.3, 0.4) is 0 Å². The second kappa shape index (κ2) is 23.8. The summed E-state index contributed by atoms with van der Waals surface area (Å²) < 4.78 is 25.0. The van der Waals surface area contributed by atoms with E-state index in [1.54, 1.807) is 6.07 Å². The molecule has 0 atom stereocenters. The summed E-state index contributed by atoms with van der Waals surface area (Å²) in [5.41, 5.74) is 0. The fraction of sp³-hybridized carbons (Fsp3) is 0.684. The number of benzene rings is 2. The first-order valence-electron chi connectivity index (χ1n) is 17.9. The molecule has 0 saturated carbocycles. The van der Waals surface area contributed by atoms with Crippen LogP contribution in [0.15, 0.2) is 18.2 Å². The van der Waals surface area contributed by atoms with Crippen LogP contribution in [0.25, 0.3) is 10.8 Å². The van der Waals surface area contributed by atoms with Crippen LogP contribution >= 0.6 is 11.6 Å². The molecule has 0 spiro atoms. The highest BCUT2D eigenvalue weighted by molar-refractivity contribution is 6.36. The van der Waals surface area contributed by atoms with Crippen molar-refractivity contribution in [1.82, 2.24) is 0 Å². The van der Waals surface area contributed by atoms with Crippen LogP contribution in [-0.4, -0.2) is 25.2 Å². The van der Waals surface area contributed by atoms with E-state index in [4.69, 9.17) is 30.5 Å². The van der Waals surface area contributed by atoms with Gasteiger partial charge in [0.1, 0.15) is 0 Å². The molecule has 2 aromatic rings. The summed E-state index contributed by atoms with van der Waals surface area (Å²) in [6, 6.07) is 5.39. The Bertz CT molecular complexity index is 1130. The minimum Gasteiger partial charge on any atom is -0.486 e. The summed E-state index contributed by atoms with van der Waals surface area (Å²) in [6.45, 7) is 9.51. The Hall–Kier alpha value is -2.47. The van der Waals surface area contributed by atoms with Gasteiger partial charge in [-0.3, -0.25) is 9.59 Å². The van der Waals surface area contributed by atoms with Crippen LogP contribution in [0.2, 0.25) is 5.02 Å². The van der Waals surface area contributed by atoms with E-state index < -0.39 is 0 Å². The molecule has 45 heavy (non-hydrogen) atoms. The number of carbonyl (C=O) groups excluding carboxylic acids is 2. The van der Waals surface area contributed by atoms with Crippen molar-refractivity contribution in [2.75, 3.05) is 13.2 Å². The number of halogens is 1. The number of esters is 2. The van der Waals surface area contributed by atoms with Crippen LogP contribution in [0.1, 0.15) is 156 Å². The maximum atomic E-state index is 13.2. The zero-order valence-electron chi connectivity index (χ0n) is 28.6. The zero-order valence-corrected chi connectivity index (χ0v) is 29.4. The molecule has 0 radical (unpaired) electrons. The van der Waals surface area contributed by atoms with Crippen molar-refractivity contribution >= 4 is 34.3 Å². The summed E-state index contributed by atoms with van der Waals surface area (Å²) in [5.74, 6) is 0.454. The van der Waals surface area contributed by atoms with Crippen LogP contribution in [0, 0.1) is 0 Å². The van der Waals surface area contributed by atoms with E-state index in [2.05, 4.69) is 27.7 Å². The van der Waals surface area contributed by atoms with Gasteiger partial charge in [-0.15, -0.1) is 0 Å². The number of unbranched alkanes of at least 4 members (excludes halogenated alkanes) is 14. The van der Waals surface area contributed by atoms with E-state index in [1.807, 2.05) is 12.1 Å². The van der Waals surface area contributed by atoms with Crippen LogP contribution in [0.5, 0.6) is 23.0 Å². The summed E-state index contributed by atoms with van der Waals surface area (Å²) in [6.07, 6.45) is 19.0. The molecule has 0 aliphatic rings. The van der Waals surface area contributed by atoms with E-state index in [0.29, 0.717) is 47.6 Å². The third-order valence-corrected chi connectivity index (χ3v) is 8.31. The first-order valence-corrected chi connectivity index (χ1v) is 18.3. The van der Waals surface area contributed by atoms with Gasteiger partial charge < -0.3 is 18.9 Å². The molecule has 0 bridgehead atoms. The Kier molecular flexibility index (Phi) is 20.5. The van der Waals surface area contributed by atoms with E-state index in [1.165, 1.54) is 0 Å². The molecular formula is C38H59ClO6. The number of ether oxygens (including phenoxy) is 4. The van der Waals surface area contributed by atoms with Gasteiger partial charge in [0.05, 0.1) is 23.6 Å². The molecule has 0 N–H and O–H groups in total. The molecule has 0 amide bonds. The van der Waals surface area contributed by atoms with E-state index >= 15 is 0 Å². The SMILES string of the molecule is CCCCCCCC(=O)Oc1c(OCCCCCC)c(OCCCCCC)c(OC(=O)CCCCCCC)c2c(Cl)cccc12. The highest BCUT2D eigenvalue weighted by Gasteiger charge is 2.29. The van der Waals surface area contributed by atoms with Crippen LogP contribution < -0.4 is 18.9 Å². The smallest absolute Gasteiger partial charge is 0.311 e. The van der Waals surface area contributed by atoms with Crippen molar-refractivity contribution in [2.45, 2.75) is 156 Å². The van der Waals surface area contributed by atoms with Gasteiger partial charge in [-0.25, -0.2) is 0 Å². The minimum atomic E-state index is -0.339. The van der Waals surface area contributed by atoms with Crippen molar-refractivity contribution in [2.24, 2.45) is 0 Å². The van der Waals surface area contributed by atoms with Gasteiger partial charge in [0, 0.05) is 18.2 Å². The van der Waals surface area contributed by atoms with Gasteiger partial charge >= 0.3 is 11.9 Å². The summed E-state index contributed by atoms with van der Waals surface area (Å²) in [4.78, 5) is 26.4. The maximum absolute atomic E-state index is 13.2. The lowest BCUT2D eigenvalue weighted by atomic mass is 10.1. The summed E-state index contributed by atoms with van der Waals surface area (Å²) in [5, 5.41) is 1.45. The Labute approximate surface area is 277 Å². The minimum absolute atomic E-state index is 0.243. The molecule has 0 saturated heterocycles. The number of fused-ring (bicyclic) bond motifs is 1. The lowest BCUT2D eigenvalue weighted by Gasteiger charge is -2.22. The predicted molar refractivity (Wildman–Crippen MR) is 186 cm³/mol. The predicted octanol–water partition coefficient (Wildman–Crippen LogP) is 11.9. The molecule has 0 fully saturated rings. The quantitative estimate of drug-likeness (QED) is 0.0575. The second-order valence-electron chi connectivity index (χ2n) is 12.1. The average Bonchev–Trinajstić information content (AvgIpc) is 3.03. The highest BCUT2D eigenvalue weighted by atomic mass is 35.5. The molecule has 6 nitrogen and oxygen atoms in total. The van der Waals surface area contributed by atoms with Gasteiger partial charge in [0.25, 0.3) is 0 Å². The Morgan fingerprint density at radius 3 is 1.44 bits per heavy atom. The van der Waals surface area contributed by atoms with Crippen molar-refractivity contribution < 1.29 is 28.5 Å². The van der Waals surface area contributed by atoms with E-state index in [9.17, 15) is 9.59 Å². The molecule has 0 aliphatic heterocycles. The highest BCUT2D eigenvalue weighted by Crippen LogP contribution is 2.53. The molecule has 2 rings (SSSR count). The fourth-order valence-electron chi connectivity index (χ4n) is 5.33. The molecular weight excluding hydrogens is 588 g/mol.